The summed E-state index contributed by atoms with van der Waals surface area (Å²) in [7, 11) is 3.25. The molecule has 0 saturated heterocycles. The Labute approximate surface area is 507 Å². The van der Waals surface area contributed by atoms with Crippen LogP contribution in [0.1, 0.15) is 70.8 Å². The van der Waals surface area contributed by atoms with Gasteiger partial charge in [0.15, 0.2) is 0 Å². The summed E-state index contributed by atoms with van der Waals surface area (Å²) in [5.74, 6) is 1.30. The summed E-state index contributed by atoms with van der Waals surface area (Å²) in [4.78, 5) is 52.9. The predicted molar refractivity (Wildman–Crippen MR) is 338 cm³/mol. The first-order valence-electron chi connectivity index (χ1n) is 26.2. The highest BCUT2D eigenvalue weighted by atomic mass is 79.9. The number of hydrogen-bond acceptors (Lipinski definition) is 8. The molecule has 8 aromatic rings. The Hall–Kier alpha value is -7.45. The average Bonchev–Trinajstić information content (AvgIpc) is 3.76. The van der Waals surface area contributed by atoms with Gasteiger partial charge < -0.3 is 24.0 Å². The van der Waals surface area contributed by atoms with Crippen LogP contribution in [0.15, 0.2) is 192 Å². The second-order valence-corrected chi connectivity index (χ2v) is 22.4. The monoisotopic (exact) mass is 1240 g/mol. The number of ether oxygens (including phenoxy) is 3. The average molecular weight is 1240 g/mol. The van der Waals surface area contributed by atoms with Crippen molar-refractivity contribution < 1.29 is 28.6 Å². The summed E-state index contributed by atoms with van der Waals surface area (Å²) in [5.41, 5.74) is 11.2. The molecule has 0 saturated carbocycles. The lowest BCUT2D eigenvalue weighted by molar-refractivity contribution is -0.120. The van der Waals surface area contributed by atoms with Crippen molar-refractivity contribution in [3.05, 3.63) is 252 Å². The van der Waals surface area contributed by atoms with Gasteiger partial charge in [-0.1, -0.05) is 165 Å². The van der Waals surface area contributed by atoms with Gasteiger partial charge >= 0.3 is 6.09 Å². The zero-order chi connectivity index (χ0) is 58.5. The maximum atomic E-state index is 14.4. The van der Waals surface area contributed by atoms with Crippen LogP contribution in [0.5, 0.6) is 11.5 Å². The third-order valence-electron chi connectivity index (χ3n) is 13.1. The second-order valence-electron chi connectivity index (χ2n) is 20.2. The predicted octanol–water partition coefficient (Wildman–Crippen LogP) is 16.6. The number of fused-ring (bicyclic) bond motifs is 2. The van der Waals surface area contributed by atoms with Crippen LogP contribution < -0.4 is 24.6 Å². The third-order valence-corrected chi connectivity index (χ3v) is 14.9. The highest BCUT2D eigenvalue weighted by molar-refractivity contribution is 9.08. The van der Waals surface area contributed by atoms with E-state index in [2.05, 4.69) is 26.2 Å². The number of nitrogens with zero attached hydrogens (tertiary/aromatic N) is 4. The quantitative estimate of drug-likeness (QED) is 0.122. The lowest BCUT2D eigenvalue weighted by atomic mass is 9.99. The first kappa shape index (κ1) is 60.6. The number of amides is 3. The third kappa shape index (κ3) is 16.0. The number of alkyl halides is 1. The molecule has 11 nitrogen and oxygen atoms in total. The molecule has 8 aromatic carbocycles. The number of nitrogens with one attached hydrogen (secondary N) is 1. The van der Waals surface area contributed by atoms with Gasteiger partial charge in [0.05, 0.1) is 50.1 Å². The summed E-state index contributed by atoms with van der Waals surface area (Å²) in [6, 6.07) is 56.3. The zero-order valence-corrected chi connectivity index (χ0v) is 50.7. The summed E-state index contributed by atoms with van der Waals surface area (Å²) in [5, 5.41) is 6.11. The Morgan fingerprint density at radius 2 is 1.11 bits per heavy atom. The van der Waals surface area contributed by atoms with Crippen molar-refractivity contribution in [2.75, 3.05) is 35.9 Å². The number of hydrogen-bond donors (Lipinski definition) is 1. The first-order chi connectivity index (χ1) is 39.4. The molecular formula is C66H60BrCl4N5O6. The number of methoxy groups -OCH3 is 2. The molecule has 420 valence electrons. The minimum absolute atomic E-state index is 0.0495. The van der Waals surface area contributed by atoms with Crippen LogP contribution in [0.25, 0.3) is 0 Å². The number of anilines is 3. The van der Waals surface area contributed by atoms with Crippen LogP contribution >= 0.6 is 62.3 Å². The van der Waals surface area contributed by atoms with Gasteiger partial charge in [-0.3, -0.25) is 24.9 Å². The molecule has 2 aliphatic rings. The van der Waals surface area contributed by atoms with Gasteiger partial charge in [0.2, 0.25) is 5.91 Å². The number of aryl methyl sites for hydroxylation is 1. The van der Waals surface area contributed by atoms with Gasteiger partial charge in [0.1, 0.15) is 29.7 Å². The molecule has 16 heteroatoms. The molecule has 0 aliphatic carbocycles. The largest absolute Gasteiger partial charge is 0.497 e. The maximum absolute atomic E-state index is 14.4. The number of carbonyl (C=O) groups excluding carboxylic acids is 3. The van der Waals surface area contributed by atoms with E-state index in [9.17, 15) is 14.4 Å². The van der Waals surface area contributed by atoms with Crippen molar-refractivity contribution in [1.82, 2.24) is 0 Å². The van der Waals surface area contributed by atoms with Crippen molar-refractivity contribution in [2.24, 2.45) is 9.98 Å². The van der Waals surface area contributed by atoms with Gasteiger partial charge in [-0.15, -0.1) is 0 Å². The fourth-order valence-electron chi connectivity index (χ4n) is 8.99. The van der Waals surface area contributed by atoms with Crippen LogP contribution in [0.2, 0.25) is 20.1 Å². The van der Waals surface area contributed by atoms with E-state index < -0.39 is 17.7 Å². The molecule has 2 aliphatic heterocycles. The number of aliphatic imine (C=N–C) groups is 2. The van der Waals surface area contributed by atoms with Crippen LogP contribution in [-0.4, -0.2) is 61.7 Å². The van der Waals surface area contributed by atoms with E-state index in [0.29, 0.717) is 57.2 Å². The molecule has 0 aromatic heterocycles. The minimum atomic E-state index is -0.770. The molecule has 0 radical (unpaired) electrons. The number of benzene rings is 8. The van der Waals surface area contributed by atoms with Gasteiger partial charge in [0.25, 0.3) is 5.91 Å². The van der Waals surface area contributed by atoms with E-state index in [0.717, 1.165) is 72.2 Å². The molecule has 1 unspecified atom stereocenters. The van der Waals surface area contributed by atoms with E-state index >= 15 is 0 Å². The normalized spacial score (nSPS) is 13.8. The van der Waals surface area contributed by atoms with Gasteiger partial charge in [-0.2, -0.15) is 0 Å². The molecule has 10 rings (SSSR count). The topological polar surface area (TPSA) is 122 Å². The number of benzodiazepines with no additional fused rings is 2. The summed E-state index contributed by atoms with van der Waals surface area (Å²) in [6.45, 7) is 8.32. The fourth-order valence-corrected chi connectivity index (χ4v) is 10.4. The van der Waals surface area contributed by atoms with E-state index in [1.165, 1.54) is 5.56 Å². The number of halogens is 5. The van der Waals surface area contributed by atoms with E-state index in [1.807, 2.05) is 171 Å². The highest BCUT2D eigenvalue weighted by Crippen LogP contribution is 2.35. The Morgan fingerprint density at radius 3 is 1.62 bits per heavy atom. The Morgan fingerprint density at radius 1 is 0.622 bits per heavy atom. The SMILES string of the molecule is COc1ccc(CN2C(=O)C(Cc3ccccc3Cl)N=C(c3ccc(NC(=O)OC(C)(C)C)cc3)c3cc(Cl)ccc32)cc1.COc1ccc(CN2C(=O)CN=C(c3ccc(C)cc3)c3cc(Cl)ccc32)cc1.Clc1ccccc1CBr. The lowest BCUT2D eigenvalue weighted by Gasteiger charge is -2.26. The van der Waals surface area contributed by atoms with Gasteiger partial charge in [-0.05, 0) is 135 Å². The van der Waals surface area contributed by atoms with Crippen molar-refractivity contribution in [3.8, 4) is 11.5 Å². The minimum Gasteiger partial charge on any atom is -0.497 e. The molecule has 0 spiro atoms. The molecule has 0 fully saturated rings. The Bertz CT molecular complexity index is 3610. The summed E-state index contributed by atoms with van der Waals surface area (Å²) in [6.07, 6.45) is -0.241. The van der Waals surface area contributed by atoms with E-state index in [1.54, 1.807) is 63.0 Å². The van der Waals surface area contributed by atoms with Crippen molar-refractivity contribution in [3.63, 3.8) is 0 Å². The van der Waals surface area contributed by atoms with E-state index in [-0.39, 0.29) is 18.4 Å². The molecule has 0 bridgehead atoms. The second kappa shape index (κ2) is 28.0. The lowest BCUT2D eigenvalue weighted by Crippen LogP contribution is -2.38. The van der Waals surface area contributed by atoms with Gasteiger partial charge in [-0.25, -0.2) is 4.79 Å². The van der Waals surface area contributed by atoms with Crippen molar-refractivity contribution in [1.29, 1.82) is 0 Å². The van der Waals surface area contributed by atoms with Gasteiger partial charge in [0, 0.05) is 59.8 Å². The summed E-state index contributed by atoms with van der Waals surface area (Å²) >= 11 is 28.5. The van der Waals surface area contributed by atoms with Crippen LogP contribution in [-0.2, 0) is 39.2 Å². The molecule has 82 heavy (non-hydrogen) atoms. The zero-order valence-electron chi connectivity index (χ0n) is 46.1. The number of carbonyl (C=O) groups is 3. The maximum Gasteiger partial charge on any atom is 0.412 e. The highest BCUT2D eigenvalue weighted by Gasteiger charge is 2.33. The molecular weight excluding hydrogens is 1180 g/mol. The van der Waals surface area contributed by atoms with Crippen LogP contribution in [0.4, 0.5) is 21.9 Å². The number of rotatable bonds is 12. The summed E-state index contributed by atoms with van der Waals surface area (Å²) < 4.78 is 15.9. The molecule has 3 amide bonds. The Kier molecular flexibility index (Phi) is 20.7. The van der Waals surface area contributed by atoms with Crippen molar-refractivity contribution in [2.45, 2.75) is 64.2 Å². The fraction of sp³-hybridized carbons (Fsp3) is 0.197. The Balaban J connectivity index is 0.000000197. The molecule has 2 heterocycles. The standard InChI is InChI=1S/C35H33Cl2N3O4.C24H21ClN2O2.C7H6BrCl/c1-35(2,3)44-34(42)38-26-14-11-23(12-15-26)32-28-20-25(36)13-18-31(28)40(21-22-9-16-27(43-4)17-10-22)33(41)30(39-32)19-24-7-5-6-8-29(24)37;1-16-3-7-18(8-4-16)24-21-13-19(25)9-12-22(21)27(23(28)14-26-24)15-17-5-10-20(29-2)11-6-17;8-5-6-3-1-2-4-7(6)9/h5-18,20,30H,19,21H2,1-4H3,(H,38,42);3-13H,14-15H2,1-2H3;1-4H,5H2. The molecule has 1 N–H and O–H groups in total. The molecule has 1 atom stereocenters. The van der Waals surface area contributed by atoms with E-state index in [4.69, 9.17) is 65.6 Å². The van der Waals surface area contributed by atoms with Crippen molar-refractivity contribution >= 4 is 109 Å². The van der Waals surface area contributed by atoms with Crippen LogP contribution in [0.3, 0.4) is 0 Å². The first-order valence-corrected chi connectivity index (χ1v) is 28.8. The smallest absolute Gasteiger partial charge is 0.412 e. The van der Waals surface area contributed by atoms with Crippen LogP contribution in [0, 0.1) is 6.92 Å².